The fraction of sp³-hybridized carbons (Fsp3) is 0.176. The predicted octanol–water partition coefficient (Wildman–Crippen LogP) is 2.92. The molecule has 3 aromatic rings. The second-order valence-corrected chi connectivity index (χ2v) is 5.29. The zero-order valence-corrected chi connectivity index (χ0v) is 12.2. The first-order chi connectivity index (χ1) is 11.3. The normalized spacial score (nSPS) is 16.0. The van der Waals surface area contributed by atoms with Gasteiger partial charge < -0.3 is 9.47 Å². The van der Waals surface area contributed by atoms with Gasteiger partial charge in [0.1, 0.15) is 18.2 Å². The lowest BCUT2D eigenvalue weighted by molar-refractivity contribution is 0.143. The Morgan fingerprint density at radius 3 is 3.04 bits per heavy atom. The van der Waals surface area contributed by atoms with Gasteiger partial charge in [0.15, 0.2) is 6.10 Å². The van der Waals surface area contributed by atoms with E-state index in [4.69, 9.17) is 9.47 Å². The van der Waals surface area contributed by atoms with Gasteiger partial charge in [-0.05, 0) is 24.3 Å². The van der Waals surface area contributed by atoms with E-state index in [9.17, 15) is 4.39 Å². The summed E-state index contributed by atoms with van der Waals surface area (Å²) in [4.78, 5) is 8.42. The van der Waals surface area contributed by atoms with E-state index in [1.807, 2.05) is 16.7 Å². The number of aromatic nitrogens is 3. The van der Waals surface area contributed by atoms with Crippen LogP contribution in [-0.4, -0.2) is 27.2 Å². The molecule has 6 heteroatoms. The monoisotopic (exact) mass is 311 g/mol. The Hall–Kier alpha value is -2.89. The molecule has 0 N–H and O–H groups in total. The lowest BCUT2D eigenvalue weighted by atomic mass is 10.2. The smallest absolute Gasteiger partial charge is 0.297 e. The van der Waals surface area contributed by atoms with Crippen molar-refractivity contribution >= 4 is 0 Å². The Balaban J connectivity index is 1.45. The Bertz CT molecular complexity index is 820. The molecule has 0 saturated carbocycles. The molecule has 23 heavy (non-hydrogen) atoms. The van der Waals surface area contributed by atoms with Crippen LogP contribution in [0.5, 0.6) is 11.8 Å². The summed E-state index contributed by atoms with van der Waals surface area (Å²) in [5.74, 6) is 0.173. The molecule has 0 amide bonds. The zero-order valence-electron chi connectivity index (χ0n) is 12.2. The molecular weight excluding hydrogens is 297 g/mol. The van der Waals surface area contributed by atoms with Gasteiger partial charge >= 0.3 is 0 Å². The minimum absolute atomic E-state index is 0.155. The van der Waals surface area contributed by atoms with E-state index in [0.29, 0.717) is 24.9 Å². The fourth-order valence-electron chi connectivity index (χ4n) is 2.60. The number of hydrogen-bond donors (Lipinski definition) is 0. The van der Waals surface area contributed by atoms with Gasteiger partial charge in [-0.1, -0.05) is 6.07 Å². The molecule has 1 aliphatic rings. The number of rotatable bonds is 4. The summed E-state index contributed by atoms with van der Waals surface area (Å²) >= 11 is 0. The molecule has 0 unspecified atom stereocenters. The number of ether oxygens (including phenoxy) is 2. The highest BCUT2D eigenvalue weighted by Crippen LogP contribution is 2.29. The van der Waals surface area contributed by atoms with Crippen LogP contribution in [0.4, 0.5) is 4.39 Å². The van der Waals surface area contributed by atoms with Gasteiger partial charge in [-0.25, -0.2) is 9.37 Å². The summed E-state index contributed by atoms with van der Waals surface area (Å²) in [6.45, 7) is 0.966. The minimum Gasteiger partial charge on any atom is -0.490 e. The van der Waals surface area contributed by atoms with Gasteiger partial charge in [0.2, 0.25) is 0 Å². The van der Waals surface area contributed by atoms with Gasteiger partial charge in [-0.2, -0.15) is 0 Å². The van der Waals surface area contributed by atoms with Crippen molar-refractivity contribution in [2.24, 2.45) is 0 Å². The van der Waals surface area contributed by atoms with Crippen molar-refractivity contribution in [1.29, 1.82) is 0 Å². The summed E-state index contributed by atoms with van der Waals surface area (Å²) in [6.07, 6.45) is 5.14. The van der Waals surface area contributed by atoms with Gasteiger partial charge in [-0.3, -0.25) is 9.55 Å². The maximum absolute atomic E-state index is 13.1. The van der Waals surface area contributed by atoms with Crippen molar-refractivity contribution in [1.82, 2.24) is 14.5 Å². The van der Waals surface area contributed by atoms with Crippen molar-refractivity contribution in [3.05, 3.63) is 60.8 Å². The highest BCUT2D eigenvalue weighted by atomic mass is 19.1. The van der Waals surface area contributed by atoms with E-state index < -0.39 is 0 Å². The van der Waals surface area contributed by atoms with Gasteiger partial charge in [0, 0.05) is 24.0 Å². The molecule has 0 fully saturated rings. The molecule has 0 saturated heterocycles. The van der Waals surface area contributed by atoms with Crippen LogP contribution in [0.1, 0.15) is 0 Å². The Morgan fingerprint density at radius 2 is 2.22 bits per heavy atom. The average molecular weight is 311 g/mol. The van der Waals surface area contributed by atoms with Crippen molar-refractivity contribution in [3.8, 4) is 23.0 Å². The van der Waals surface area contributed by atoms with Crippen molar-refractivity contribution in [2.45, 2.75) is 12.6 Å². The molecule has 116 valence electrons. The number of pyridine rings is 1. The van der Waals surface area contributed by atoms with Crippen LogP contribution in [0.2, 0.25) is 0 Å². The average Bonchev–Trinajstić information content (AvgIpc) is 3.14. The van der Waals surface area contributed by atoms with Crippen LogP contribution >= 0.6 is 0 Å². The standard InChI is InChI=1S/C17H14FN3O2/c18-13-4-1-5-14(7-13)22-11-15-10-21-16(9-20-17(21)23-15)12-3-2-6-19-8-12/h1-9,15H,10-11H2/t15-/m0/s1. The quantitative estimate of drug-likeness (QED) is 0.743. The number of benzene rings is 1. The van der Waals surface area contributed by atoms with E-state index in [1.165, 1.54) is 12.1 Å². The second-order valence-electron chi connectivity index (χ2n) is 5.29. The van der Waals surface area contributed by atoms with Crippen molar-refractivity contribution in [2.75, 3.05) is 6.61 Å². The van der Waals surface area contributed by atoms with Crippen LogP contribution in [0.3, 0.4) is 0 Å². The Kier molecular flexibility index (Phi) is 3.42. The highest BCUT2D eigenvalue weighted by Gasteiger charge is 2.27. The molecule has 3 heterocycles. The maximum atomic E-state index is 13.1. The number of nitrogens with zero attached hydrogens (tertiary/aromatic N) is 3. The third-order valence-corrected chi connectivity index (χ3v) is 3.67. The van der Waals surface area contributed by atoms with E-state index in [1.54, 1.807) is 30.7 Å². The van der Waals surface area contributed by atoms with E-state index in [-0.39, 0.29) is 11.9 Å². The second kappa shape index (κ2) is 5.72. The van der Waals surface area contributed by atoms with Crippen LogP contribution < -0.4 is 9.47 Å². The van der Waals surface area contributed by atoms with Crippen molar-refractivity contribution in [3.63, 3.8) is 0 Å². The molecule has 0 aliphatic carbocycles. The predicted molar refractivity (Wildman–Crippen MR) is 81.8 cm³/mol. The number of halogens is 1. The third kappa shape index (κ3) is 2.75. The maximum Gasteiger partial charge on any atom is 0.297 e. The third-order valence-electron chi connectivity index (χ3n) is 3.67. The Labute approximate surface area is 132 Å². The summed E-state index contributed by atoms with van der Waals surface area (Å²) < 4.78 is 26.5. The molecule has 0 radical (unpaired) electrons. The lowest BCUT2D eigenvalue weighted by Crippen LogP contribution is -2.23. The summed E-state index contributed by atoms with van der Waals surface area (Å²) in [6, 6.07) is 10.5. The van der Waals surface area contributed by atoms with E-state index >= 15 is 0 Å². The summed E-state index contributed by atoms with van der Waals surface area (Å²) in [5, 5.41) is 0. The number of imidazole rings is 1. The summed E-state index contributed by atoms with van der Waals surface area (Å²) in [7, 11) is 0. The van der Waals surface area contributed by atoms with Gasteiger partial charge in [0.25, 0.3) is 6.01 Å². The van der Waals surface area contributed by atoms with Crippen LogP contribution in [0.15, 0.2) is 55.0 Å². The minimum atomic E-state index is -0.318. The molecular formula is C17H14FN3O2. The van der Waals surface area contributed by atoms with Gasteiger partial charge in [0.05, 0.1) is 18.4 Å². The fourth-order valence-corrected chi connectivity index (χ4v) is 2.60. The highest BCUT2D eigenvalue weighted by molar-refractivity contribution is 5.58. The Morgan fingerprint density at radius 1 is 1.26 bits per heavy atom. The first-order valence-corrected chi connectivity index (χ1v) is 7.30. The van der Waals surface area contributed by atoms with E-state index in [2.05, 4.69) is 9.97 Å². The molecule has 4 rings (SSSR count). The molecule has 5 nitrogen and oxygen atoms in total. The summed E-state index contributed by atoms with van der Waals surface area (Å²) in [5.41, 5.74) is 1.95. The molecule has 2 aromatic heterocycles. The first-order valence-electron chi connectivity index (χ1n) is 7.30. The molecule has 0 spiro atoms. The molecule has 1 atom stereocenters. The van der Waals surface area contributed by atoms with Crippen molar-refractivity contribution < 1.29 is 13.9 Å². The topological polar surface area (TPSA) is 49.2 Å². The lowest BCUT2D eigenvalue weighted by Gasteiger charge is -2.11. The van der Waals surface area contributed by atoms with E-state index in [0.717, 1.165) is 11.3 Å². The van der Waals surface area contributed by atoms with Crippen LogP contribution in [-0.2, 0) is 6.54 Å². The SMILES string of the molecule is Fc1cccc(OC[C@@H]2Cn3c(-c4cccnc4)cnc3O2)c1. The van der Waals surface area contributed by atoms with Gasteiger partial charge in [-0.15, -0.1) is 0 Å². The molecule has 1 aliphatic heterocycles. The number of fused-ring (bicyclic) bond motifs is 1. The largest absolute Gasteiger partial charge is 0.490 e. The van der Waals surface area contributed by atoms with Crippen LogP contribution in [0, 0.1) is 5.82 Å². The molecule has 0 bridgehead atoms. The molecule has 1 aromatic carbocycles. The first kappa shape index (κ1) is 13.8. The zero-order chi connectivity index (χ0) is 15.6. The number of hydrogen-bond acceptors (Lipinski definition) is 4. The van der Waals surface area contributed by atoms with Crippen LogP contribution in [0.25, 0.3) is 11.3 Å².